The van der Waals surface area contributed by atoms with Crippen LogP contribution in [-0.4, -0.2) is 19.9 Å². The van der Waals surface area contributed by atoms with Gasteiger partial charge in [-0.25, -0.2) is 9.97 Å². The third-order valence-electron chi connectivity index (χ3n) is 3.29. The molecule has 5 nitrogen and oxygen atoms in total. The number of fused-ring (bicyclic) bond motifs is 2. The second kappa shape index (κ2) is 4.03. The minimum absolute atomic E-state index is 0.472. The first-order valence-corrected chi connectivity index (χ1v) is 6.27. The van der Waals surface area contributed by atoms with Crippen LogP contribution in [-0.2, 0) is 0 Å². The third kappa shape index (κ3) is 1.60. The van der Waals surface area contributed by atoms with Gasteiger partial charge >= 0.3 is 0 Å². The van der Waals surface area contributed by atoms with Crippen LogP contribution in [0.5, 0.6) is 0 Å². The molecule has 0 spiro atoms. The van der Waals surface area contributed by atoms with E-state index in [1.165, 1.54) is 0 Å². The monoisotopic (exact) mass is 261 g/mol. The number of para-hydroxylation sites is 1. The van der Waals surface area contributed by atoms with Gasteiger partial charge in [0.2, 0.25) is 0 Å². The Balaban J connectivity index is 1.95. The highest BCUT2D eigenvalue weighted by Crippen LogP contribution is 2.24. The molecule has 0 aliphatic heterocycles. The largest absolute Gasteiger partial charge is 0.383 e. The van der Waals surface area contributed by atoms with Crippen LogP contribution in [0, 0.1) is 0 Å². The van der Waals surface area contributed by atoms with Gasteiger partial charge in [-0.15, -0.1) is 0 Å². The second-order valence-corrected chi connectivity index (χ2v) is 4.59. The summed E-state index contributed by atoms with van der Waals surface area (Å²) in [5.74, 6) is 1.05. The summed E-state index contributed by atoms with van der Waals surface area (Å²) < 4.78 is 0. The van der Waals surface area contributed by atoms with E-state index in [0.717, 1.165) is 27.5 Å². The van der Waals surface area contributed by atoms with Gasteiger partial charge in [-0.2, -0.15) is 0 Å². The van der Waals surface area contributed by atoms with E-state index >= 15 is 0 Å². The summed E-state index contributed by atoms with van der Waals surface area (Å²) in [4.78, 5) is 16.3. The topological polar surface area (TPSA) is 80.5 Å². The fraction of sp³-hybridized carbons (Fsp3) is 0. The number of H-pyrrole nitrogens is 1. The lowest BCUT2D eigenvalue weighted by molar-refractivity contribution is 1.20. The number of anilines is 1. The van der Waals surface area contributed by atoms with Crippen LogP contribution in [0.1, 0.15) is 0 Å². The molecule has 0 radical (unpaired) electrons. The first-order valence-electron chi connectivity index (χ1n) is 6.27. The number of nitrogens with one attached hydrogen (secondary N) is 1. The zero-order valence-corrected chi connectivity index (χ0v) is 10.5. The first-order chi connectivity index (χ1) is 9.81. The molecule has 0 aliphatic rings. The van der Waals surface area contributed by atoms with Crippen molar-refractivity contribution < 1.29 is 0 Å². The highest BCUT2D eigenvalue weighted by Gasteiger charge is 2.09. The molecule has 4 aromatic rings. The minimum Gasteiger partial charge on any atom is -0.383 e. The van der Waals surface area contributed by atoms with Gasteiger partial charge < -0.3 is 10.7 Å². The molecule has 0 atom stereocenters. The van der Waals surface area contributed by atoms with Crippen molar-refractivity contribution in [2.45, 2.75) is 0 Å². The van der Waals surface area contributed by atoms with Crippen molar-refractivity contribution in [3.8, 4) is 11.4 Å². The van der Waals surface area contributed by atoms with Crippen LogP contribution in [0.25, 0.3) is 33.3 Å². The van der Waals surface area contributed by atoms with E-state index in [2.05, 4.69) is 19.9 Å². The fourth-order valence-corrected chi connectivity index (χ4v) is 2.29. The molecule has 3 aromatic heterocycles. The quantitative estimate of drug-likeness (QED) is 0.552. The van der Waals surface area contributed by atoms with E-state index in [1.807, 2.05) is 36.4 Å². The van der Waals surface area contributed by atoms with Gasteiger partial charge in [-0.3, -0.25) is 4.98 Å². The van der Waals surface area contributed by atoms with Gasteiger partial charge in [0.05, 0.1) is 10.9 Å². The van der Waals surface area contributed by atoms with Crippen LogP contribution in [0.2, 0.25) is 0 Å². The highest BCUT2D eigenvalue weighted by atomic mass is 15.0. The zero-order valence-electron chi connectivity index (χ0n) is 10.5. The molecule has 3 heterocycles. The lowest BCUT2D eigenvalue weighted by Crippen LogP contribution is -1.97. The van der Waals surface area contributed by atoms with Gasteiger partial charge in [0.25, 0.3) is 0 Å². The average Bonchev–Trinajstić information content (AvgIpc) is 2.96. The maximum Gasteiger partial charge on any atom is 0.165 e. The van der Waals surface area contributed by atoms with Gasteiger partial charge in [-0.1, -0.05) is 18.2 Å². The van der Waals surface area contributed by atoms with Gasteiger partial charge in [-0.05, 0) is 18.2 Å². The third-order valence-corrected chi connectivity index (χ3v) is 3.29. The highest BCUT2D eigenvalue weighted by molar-refractivity contribution is 5.88. The molecule has 0 unspecified atom stereocenters. The molecule has 96 valence electrons. The van der Waals surface area contributed by atoms with Crippen LogP contribution in [0.4, 0.5) is 5.82 Å². The van der Waals surface area contributed by atoms with E-state index in [0.29, 0.717) is 11.6 Å². The van der Waals surface area contributed by atoms with Gasteiger partial charge in [0.15, 0.2) is 5.82 Å². The molecule has 0 aliphatic carbocycles. The van der Waals surface area contributed by atoms with Crippen LogP contribution in [0.3, 0.4) is 0 Å². The molecule has 0 amide bonds. The smallest absolute Gasteiger partial charge is 0.165 e. The summed E-state index contributed by atoms with van der Waals surface area (Å²) in [5.41, 5.74) is 8.50. The Hall–Kier alpha value is -2.95. The normalized spacial score (nSPS) is 11.2. The molecule has 0 bridgehead atoms. The number of nitrogens with zero attached hydrogens (tertiary/aromatic N) is 3. The van der Waals surface area contributed by atoms with E-state index in [-0.39, 0.29) is 0 Å². The van der Waals surface area contributed by atoms with E-state index in [1.54, 1.807) is 12.4 Å². The Morgan fingerprint density at radius 3 is 2.90 bits per heavy atom. The summed E-state index contributed by atoms with van der Waals surface area (Å²) in [6.45, 7) is 0. The predicted octanol–water partition coefficient (Wildman–Crippen LogP) is 2.76. The average molecular weight is 261 g/mol. The van der Waals surface area contributed by atoms with Crippen molar-refractivity contribution in [2.75, 3.05) is 5.73 Å². The number of rotatable bonds is 1. The Bertz CT molecular complexity index is 926. The van der Waals surface area contributed by atoms with Crippen molar-refractivity contribution in [3.63, 3.8) is 0 Å². The van der Waals surface area contributed by atoms with E-state index in [9.17, 15) is 0 Å². The number of aromatic nitrogens is 4. The first kappa shape index (κ1) is 10.9. The van der Waals surface area contributed by atoms with Crippen LogP contribution in [0.15, 0.2) is 48.8 Å². The number of aromatic amines is 1. The maximum absolute atomic E-state index is 5.96. The lowest BCUT2D eigenvalue weighted by Gasteiger charge is -2.04. The Kier molecular flexibility index (Phi) is 2.20. The number of pyridine rings is 1. The molecule has 0 saturated heterocycles. The number of nitrogen functional groups attached to an aromatic ring is 1. The SMILES string of the molecule is Nc1nc(-c2cnc3ccccc3c2)nc2[nH]ccc12. The molecule has 1 aromatic carbocycles. The Morgan fingerprint density at radius 2 is 1.95 bits per heavy atom. The fourth-order valence-electron chi connectivity index (χ4n) is 2.29. The lowest BCUT2D eigenvalue weighted by atomic mass is 10.1. The summed E-state index contributed by atoms with van der Waals surface area (Å²) in [5, 5.41) is 1.89. The molecule has 3 N–H and O–H groups in total. The van der Waals surface area contributed by atoms with Crippen molar-refractivity contribution in [1.82, 2.24) is 19.9 Å². The molecule has 4 rings (SSSR count). The van der Waals surface area contributed by atoms with E-state index < -0.39 is 0 Å². The molecule has 5 heteroatoms. The Labute approximate surface area is 114 Å². The zero-order chi connectivity index (χ0) is 13.5. The van der Waals surface area contributed by atoms with E-state index in [4.69, 9.17) is 5.73 Å². The Morgan fingerprint density at radius 1 is 1.05 bits per heavy atom. The van der Waals surface area contributed by atoms with Crippen molar-refractivity contribution in [3.05, 3.63) is 48.8 Å². The van der Waals surface area contributed by atoms with Crippen LogP contribution < -0.4 is 5.73 Å². The summed E-state index contributed by atoms with van der Waals surface area (Å²) in [6.07, 6.45) is 3.57. The summed E-state index contributed by atoms with van der Waals surface area (Å²) in [7, 11) is 0. The number of nitrogens with two attached hydrogens (primary N) is 1. The second-order valence-electron chi connectivity index (χ2n) is 4.59. The summed E-state index contributed by atoms with van der Waals surface area (Å²) in [6, 6.07) is 11.8. The molecule has 0 saturated carbocycles. The minimum atomic E-state index is 0.472. The number of hydrogen-bond donors (Lipinski definition) is 2. The molecule has 20 heavy (non-hydrogen) atoms. The molecular formula is C15H11N5. The van der Waals surface area contributed by atoms with Crippen molar-refractivity contribution in [1.29, 1.82) is 0 Å². The molecular weight excluding hydrogens is 250 g/mol. The standard InChI is InChI=1S/C15H11N5/c16-13-11-5-6-17-15(11)20-14(19-13)10-7-9-3-1-2-4-12(9)18-8-10/h1-8H,(H3,16,17,19,20). The molecule has 0 fully saturated rings. The predicted molar refractivity (Wildman–Crippen MR) is 79.0 cm³/mol. The number of benzene rings is 1. The van der Waals surface area contributed by atoms with Crippen molar-refractivity contribution in [2.24, 2.45) is 0 Å². The maximum atomic E-state index is 5.96. The van der Waals surface area contributed by atoms with Crippen molar-refractivity contribution >= 4 is 27.8 Å². The number of hydrogen-bond acceptors (Lipinski definition) is 4. The van der Waals surface area contributed by atoms with Gasteiger partial charge in [0.1, 0.15) is 11.5 Å². The van der Waals surface area contributed by atoms with Crippen LogP contribution >= 0.6 is 0 Å². The summed E-state index contributed by atoms with van der Waals surface area (Å²) >= 11 is 0. The van der Waals surface area contributed by atoms with Gasteiger partial charge in [0, 0.05) is 23.3 Å².